The number of ether oxygens (including phenoxy) is 2. The highest BCUT2D eigenvalue weighted by Gasteiger charge is 2.15. The second-order valence-corrected chi connectivity index (χ2v) is 5.34. The molecule has 0 saturated heterocycles. The van der Waals surface area contributed by atoms with Crippen molar-refractivity contribution in [2.45, 2.75) is 19.5 Å². The number of rotatable bonds is 4. The molecule has 3 rings (SSSR count). The molecule has 22 heavy (non-hydrogen) atoms. The highest BCUT2D eigenvalue weighted by atomic mass is 35.5. The van der Waals surface area contributed by atoms with Gasteiger partial charge < -0.3 is 14.8 Å². The fourth-order valence-electron chi connectivity index (χ4n) is 2.18. The first-order valence-corrected chi connectivity index (χ1v) is 7.42. The minimum absolute atomic E-state index is 0.119. The van der Waals surface area contributed by atoms with Crippen LogP contribution in [-0.2, 0) is 17.9 Å². The molecule has 0 aliphatic carbocycles. The molecule has 1 aromatic heterocycles. The Morgan fingerprint density at radius 3 is 3.05 bits per heavy atom. The largest absolute Gasteiger partial charge is 0.489 e. The number of benzene rings is 1. The molecule has 6 nitrogen and oxygen atoms in total. The van der Waals surface area contributed by atoms with Gasteiger partial charge in [-0.05, 0) is 23.8 Å². The van der Waals surface area contributed by atoms with Crippen LogP contribution in [0.5, 0.6) is 11.5 Å². The summed E-state index contributed by atoms with van der Waals surface area (Å²) in [6, 6.07) is 5.40. The number of nitrogens with zero attached hydrogens (tertiary/aromatic N) is 2. The molecule has 0 bridgehead atoms. The minimum atomic E-state index is -0.119. The Morgan fingerprint density at radius 1 is 1.36 bits per heavy atom. The molecule has 2 aromatic rings. The lowest BCUT2D eigenvalue weighted by atomic mass is 10.2. The number of carbonyl (C=O) groups is 1. The first-order chi connectivity index (χ1) is 10.7. The highest BCUT2D eigenvalue weighted by Crippen LogP contribution is 2.37. The summed E-state index contributed by atoms with van der Waals surface area (Å²) < 4.78 is 12.8. The average Bonchev–Trinajstić information content (AvgIpc) is 2.88. The summed E-state index contributed by atoms with van der Waals surface area (Å²) in [7, 11) is 0. The Morgan fingerprint density at radius 2 is 2.23 bits per heavy atom. The van der Waals surface area contributed by atoms with E-state index in [4.69, 9.17) is 21.1 Å². The predicted molar refractivity (Wildman–Crippen MR) is 81.1 cm³/mol. The zero-order valence-electron chi connectivity index (χ0n) is 11.9. The Hall–Kier alpha value is -2.21. The molecule has 0 saturated carbocycles. The van der Waals surface area contributed by atoms with Gasteiger partial charge in [-0.1, -0.05) is 11.6 Å². The molecule has 0 unspecified atom stereocenters. The van der Waals surface area contributed by atoms with Gasteiger partial charge in [0, 0.05) is 25.4 Å². The van der Waals surface area contributed by atoms with E-state index in [1.54, 1.807) is 29.2 Å². The molecule has 1 aromatic carbocycles. The first-order valence-electron chi connectivity index (χ1n) is 7.04. The lowest BCUT2D eigenvalue weighted by Gasteiger charge is -2.12. The van der Waals surface area contributed by atoms with E-state index < -0.39 is 0 Å². The van der Waals surface area contributed by atoms with Crippen molar-refractivity contribution in [3.05, 3.63) is 41.2 Å². The van der Waals surface area contributed by atoms with Crippen molar-refractivity contribution in [2.24, 2.45) is 0 Å². The number of hydrogen-bond acceptors (Lipinski definition) is 4. The summed E-state index contributed by atoms with van der Waals surface area (Å²) in [5, 5.41) is 7.32. The normalized spacial score (nSPS) is 13.5. The van der Waals surface area contributed by atoms with Crippen LogP contribution in [0.4, 0.5) is 0 Å². The summed E-state index contributed by atoms with van der Waals surface area (Å²) >= 11 is 6.22. The first kappa shape index (κ1) is 14.7. The summed E-state index contributed by atoms with van der Waals surface area (Å²) in [5.41, 5.74) is 0.864. The summed E-state index contributed by atoms with van der Waals surface area (Å²) in [4.78, 5) is 11.9. The van der Waals surface area contributed by atoms with Gasteiger partial charge in [0.05, 0.1) is 18.2 Å². The van der Waals surface area contributed by atoms with Crippen molar-refractivity contribution < 1.29 is 14.3 Å². The van der Waals surface area contributed by atoms with E-state index in [1.165, 1.54) is 0 Å². The van der Waals surface area contributed by atoms with Crippen molar-refractivity contribution in [1.29, 1.82) is 0 Å². The molecule has 1 N–H and O–H groups in total. The van der Waals surface area contributed by atoms with Gasteiger partial charge >= 0.3 is 0 Å². The zero-order valence-corrected chi connectivity index (χ0v) is 12.7. The van der Waals surface area contributed by atoms with Crippen LogP contribution in [0.1, 0.15) is 12.0 Å². The van der Waals surface area contributed by atoms with Gasteiger partial charge in [-0.2, -0.15) is 5.10 Å². The predicted octanol–water partition coefficient (Wildman–Crippen LogP) is 2.01. The van der Waals surface area contributed by atoms with Crippen LogP contribution in [-0.4, -0.2) is 28.9 Å². The van der Waals surface area contributed by atoms with Crippen LogP contribution in [0.3, 0.4) is 0 Å². The van der Waals surface area contributed by atoms with E-state index in [0.717, 1.165) is 12.0 Å². The average molecular weight is 322 g/mol. The lowest BCUT2D eigenvalue weighted by molar-refractivity contribution is -0.122. The summed E-state index contributed by atoms with van der Waals surface area (Å²) in [6.07, 6.45) is 4.20. The van der Waals surface area contributed by atoms with Gasteiger partial charge in [0.2, 0.25) is 5.91 Å². The number of nitrogens with one attached hydrogen (secondary N) is 1. The molecular weight excluding hydrogens is 306 g/mol. The number of amides is 1. The SMILES string of the molecule is O=C(Cn1cccn1)NCc1cc(Cl)c2c(c1)OCCCO2. The van der Waals surface area contributed by atoms with Gasteiger partial charge in [0.25, 0.3) is 0 Å². The number of carbonyl (C=O) groups excluding carboxylic acids is 1. The summed E-state index contributed by atoms with van der Waals surface area (Å²) in [6.45, 7) is 1.74. The van der Waals surface area contributed by atoms with E-state index in [2.05, 4.69) is 10.4 Å². The van der Waals surface area contributed by atoms with E-state index >= 15 is 0 Å². The van der Waals surface area contributed by atoms with E-state index in [0.29, 0.717) is 36.3 Å². The quantitative estimate of drug-likeness (QED) is 0.935. The van der Waals surface area contributed by atoms with Crippen molar-refractivity contribution in [1.82, 2.24) is 15.1 Å². The van der Waals surface area contributed by atoms with Gasteiger partial charge in [0.15, 0.2) is 11.5 Å². The maximum Gasteiger partial charge on any atom is 0.241 e. The number of halogens is 1. The monoisotopic (exact) mass is 321 g/mol. The molecule has 1 amide bonds. The maximum atomic E-state index is 11.9. The van der Waals surface area contributed by atoms with Gasteiger partial charge in [-0.3, -0.25) is 9.48 Å². The molecule has 1 aliphatic rings. The van der Waals surface area contributed by atoms with Gasteiger partial charge in [0.1, 0.15) is 6.54 Å². The maximum absolute atomic E-state index is 11.9. The van der Waals surface area contributed by atoms with E-state index in [-0.39, 0.29) is 12.5 Å². The molecule has 0 fully saturated rings. The van der Waals surface area contributed by atoms with Crippen LogP contribution < -0.4 is 14.8 Å². The minimum Gasteiger partial charge on any atom is -0.489 e. The van der Waals surface area contributed by atoms with E-state index in [1.807, 2.05) is 6.07 Å². The smallest absolute Gasteiger partial charge is 0.241 e. The molecule has 116 valence electrons. The summed E-state index contributed by atoms with van der Waals surface area (Å²) in [5.74, 6) is 1.08. The highest BCUT2D eigenvalue weighted by molar-refractivity contribution is 6.32. The Kier molecular flexibility index (Phi) is 4.48. The van der Waals surface area contributed by atoms with Crippen molar-refractivity contribution >= 4 is 17.5 Å². The molecule has 7 heteroatoms. The Bertz CT molecular complexity index is 658. The van der Waals surface area contributed by atoms with Crippen LogP contribution in [0.15, 0.2) is 30.6 Å². The fraction of sp³-hybridized carbons (Fsp3) is 0.333. The topological polar surface area (TPSA) is 65.4 Å². The standard InChI is InChI=1S/C15H16ClN3O3/c16-12-7-11(8-13-15(12)22-6-2-5-21-13)9-17-14(20)10-19-4-1-3-18-19/h1,3-4,7-8H,2,5-6,9-10H2,(H,17,20). The zero-order chi connectivity index (χ0) is 15.4. The second-order valence-electron chi connectivity index (χ2n) is 4.94. The van der Waals surface area contributed by atoms with E-state index in [9.17, 15) is 4.79 Å². The number of hydrogen-bond donors (Lipinski definition) is 1. The third-order valence-corrected chi connectivity index (χ3v) is 3.50. The molecule has 2 heterocycles. The van der Waals surface area contributed by atoms with Crippen LogP contribution in [0.25, 0.3) is 0 Å². The lowest BCUT2D eigenvalue weighted by Crippen LogP contribution is -2.27. The van der Waals surface area contributed by atoms with Gasteiger partial charge in [-0.15, -0.1) is 0 Å². The van der Waals surface area contributed by atoms with Crippen molar-refractivity contribution in [2.75, 3.05) is 13.2 Å². The van der Waals surface area contributed by atoms with Crippen LogP contribution >= 0.6 is 11.6 Å². The molecule has 0 spiro atoms. The second kappa shape index (κ2) is 6.70. The van der Waals surface area contributed by atoms with Crippen molar-refractivity contribution in [3.63, 3.8) is 0 Å². The fourth-order valence-corrected chi connectivity index (χ4v) is 2.47. The molecule has 0 radical (unpaired) electrons. The van der Waals surface area contributed by atoms with Crippen LogP contribution in [0, 0.1) is 0 Å². The molecule has 0 atom stereocenters. The van der Waals surface area contributed by atoms with Gasteiger partial charge in [-0.25, -0.2) is 0 Å². The number of fused-ring (bicyclic) bond motifs is 1. The molecule has 1 aliphatic heterocycles. The molecular formula is C15H16ClN3O3. The van der Waals surface area contributed by atoms with Crippen LogP contribution in [0.2, 0.25) is 5.02 Å². The third-order valence-electron chi connectivity index (χ3n) is 3.22. The Balaban J connectivity index is 1.64. The third kappa shape index (κ3) is 3.51. The number of aromatic nitrogens is 2. The van der Waals surface area contributed by atoms with Crippen molar-refractivity contribution in [3.8, 4) is 11.5 Å². The Labute approximate surface area is 133 Å².